The lowest BCUT2D eigenvalue weighted by atomic mass is 10.0. The largest absolute Gasteiger partial charge is 0.483 e. The van der Waals surface area contributed by atoms with E-state index < -0.39 is 0 Å². The van der Waals surface area contributed by atoms with Crippen LogP contribution in [0.15, 0.2) is 54.6 Å². The minimum absolute atomic E-state index is 0.0857. The number of hydrogen-bond donors (Lipinski definition) is 2. The van der Waals surface area contributed by atoms with Gasteiger partial charge in [-0.3, -0.25) is 9.59 Å². The van der Waals surface area contributed by atoms with Crippen LogP contribution in [-0.4, -0.2) is 45.2 Å². The molecule has 0 aliphatic carbocycles. The van der Waals surface area contributed by atoms with Crippen molar-refractivity contribution in [2.24, 2.45) is 0 Å². The van der Waals surface area contributed by atoms with Crippen LogP contribution in [0.4, 0.5) is 0 Å². The molecule has 0 aliphatic heterocycles. The van der Waals surface area contributed by atoms with Crippen LogP contribution in [0.2, 0.25) is 0 Å². The van der Waals surface area contributed by atoms with E-state index in [9.17, 15) is 9.59 Å². The smallest absolute Gasteiger partial charge is 0.258 e. The molecule has 0 saturated carbocycles. The van der Waals surface area contributed by atoms with E-state index in [2.05, 4.69) is 10.6 Å². The summed E-state index contributed by atoms with van der Waals surface area (Å²) in [6.45, 7) is 0.615. The molecule has 2 aromatic carbocycles. The molecule has 6 nitrogen and oxygen atoms in total. The van der Waals surface area contributed by atoms with Gasteiger partial charge in [-0.05, 0) is 17.2 Å². The maximum absolute atomic E-state index is 11.9. The first-order valence-corrected chi connectivity index (χ1v) is 8.46. The van der Waals surface area contributed by atoms with E-state index in [0.717, 1.165) is 12.0 Å². The maximum Gasteiger partial charge on any atom is 0.258 e. The zero-order chi connectivity index (χ0) is 18.6. The van der Waals surface area contributed by atoms with Gasteiger partial charge in [0.25, 0.3) is 5.91 Å². The Morgan fingerprint density at radius 3 is 2.42 bits per heavy atom. The fourth-order valence-corrected chi connectivity index (χ4v) is 2.33. The molecule has 0 spiro atoms. The van der Waals surface area contributed by atoms with E-state index in [-0.39, 0.29) is 25.0 Å². The molecule has 0 atom stereocenters. The number of hydrogen-bond acceptors (Lipinski definition) is 4. The molecule has 6 heteroatoms. The van der Waals surface area contributed by atoms with Crippen LogP contribution in [0.5, 0.6) is 5.75 Å². The monoisotopic (exact) mass is 356 g/mol. The van der Waals surface area contributed by atoms with Crippen LogP contribution in [0.3, 0.4) is 0 Å². The zero-order valence-electron chi connectivity index (χ0n) is 14.9. The SMILES string of the molecule is COCCNC(=O)CNC(=O)COc1ccccc1Cc1ccccc1. The summed E-state index contributed by atoms with van der Waals surface area (Å²) in [5.74, 6) is 0.0531. The predicted molar refractivity (Wildman–Crippen MR) is 99.1 cm³/mol. The third kappa shape index (κ3) is 6.94. The summed E-state index contributed by atoms with van der Waals surface area (Å²) in [7, 11) is 1.56. The normalized spacial score (nSPS) is 10.2. The molecule has 26 heavy (non-hydrogen) atoms. The molecule has 138 valence electrons. The Morgan fingerprint density at radius 1 is 0.923 bits per heavy atom. The van der Waals surface area contributed by atoms with Gasteiger partial charge in [0.15, 0.2) is 6.61 Å². The highest BCUT2D eigenvalue weighted by Gasteiger charge is 2.09. The van der Waals surface area contributed by atoms with Crippen molar-refractivity contribution < 1.29 is 19.1 Å². The van der Waals surface area contributed by atoms with Crippen LogP contribution < -0.4 is 15.4 Å². The van der Waals surface area contributed by atoms with Crippen LogP contribution in [0.25, 0.3) is 0 Å². The zero-order valence-corrected chi connectivity index (χ0v) is 14.9. The number of nitrogens with one attached hydrogen (secondary N) is 2. The van der Waals surface area contributed by atoms with Gasteiger partial charge >= 0.3 is 0 Å². The van der Waals surface area contributed by atoms with E-state index >= 15 is 0 Å². The number of rotatable bonds is 10. The average Bonchev–Trinajstić information content (AvgIpc) is 2.67. The van der Waals surface area contributed by atoms with Crippen molar-refractivity contribution >= 4 is 11.8 Å². The molecule has 0 radical (unpaired) electrons. The second kappa shape index (κ2) is 10.9. The number of para-hydroxylation sites is 1. The first-order valence-electron chi connectivity index (χ1n) is 8.46. The van der Waals surface area contributed by atoms with Crippen molar-refractivity contribution in [3.8, 4) is 5.75 Å². The van der Waals surface area contributed by atoms with E-state index in [1.165, 1.54) is 5.56 Å². The van der Waals surface area contributed by atoms with Crippen molar-refractivity contribution in [2.45, 2.75) is 6.42 Å². The van der Waals surface area contributed by atoms with Crippen molar-refractivity contribution in [1.82, 2.24) is 10.6 Å². The molecule has 0 unspecified atom stereocenters. The van der Waals surface area contributed by atoms with Crippen LogP contribution >= 0.6 is 0 Å². The lowest BCUT2D eigenvalue weighted by Gasteiger charge is -2.12. The van der Waals surface area contributed by atoms with Crippen molar-refractivity contribution in [3.63, 3.8) is 0 Å². The Kier molecular flexibility index (Phi) is 8.15. The summed E-state index contributed by atoms with van der Waals surface area (Å²) in [5, 5.41) is 5.16. The van der Waals surface area contributed by atoms with Crippen molar-refractivity contribution in [1.29, 1.82) is 0 Å². The Labute approximate surface area is 153 Å². The van der Waals surface area contributed by atoms with E-state index in [4.69, 9.17) is 9.47 Å². The quantitative estimate of drug-likeness (QED) is 0.633. The summed E-state index contributed by atoms with van der Waals surface area (Å²) in [6.07, 6.45) is 0.723. The second-order valence-electron chi connectivity index (χ2n) is 5.68. The van der Waals surface area contributed by atoms with Gasteiger partial charge in [0.05, 0.1) is 13.2 Å². The molecule has 0 saturated heterocycles. The number of carbonyl (C=O) groups excluding carboxylic acids is 2. The number of carbonyl (C=O) groups is 2. The summed E-state index contributed by atoms with van der Waals surface area (Å²) in [6, 6.07) is 17.7. The molecule has 0 bridgehead atoms. The third-order valence-corrected chi connectivity index (χ3v) is 3.64. The van der Waals surface area contributed by atoms with Crippen molar-refractivity contribution in [3.05, 3.63) is 65.7 Å². The van der Waals surface area contributed by atoms with Gasteiger partial charge in [0.2, 0.25) is 5.91 Å². The molecule has 0 aliphatic rings. The molecule has 2 rings (SSSR count). The average molecular weight is 356 g/mol. The number of benzene rings is 2. The van der Waals surface area contributed by atoms with E-state index in [1.54, 1.807) is 7.11 Å². The minimum atomic E-state index is -0.346. The van der Waals surface area contributed by atoms with Crippen molar-refractivity contribution in [2.75, 3.05) is 33.4 Å². The van der Waals surface area contributed by atoms with Gasteiger partial charge in [0, 0.05) is 20.1 Å². The van der Waals surface area contributed by atoms with Gasteiger partial charge in [-0.1, -0.05) is 48.5 Å². The maximum atomic E-state index is 11.9. The number of methoxy groups -OCH3 is 1. The summed E-state index contributed by atoms with van der Waals surface area (Å²) in [5.41, 5.74) is 2.17. The first-order chi connectivity index (χ1) is 12.7. The Balaban J connectivity index is 1.80. The predicted octanol–water partition coefficient (Wildman–Crippen LogP) is 1.54. The standard InChI is InChI=1S/C20H24N2O4/c1-25-12-11-21-19(23)14-22-20(24)15-26-18-10-6-5-9-17(18)13-16-7-3-2-4-8-16/h2-10H,11-15H2,1H3,(H,21,23)(H,22,24). The molecule has 2 N–H and O–H groups in total. The minimum Gasteiger partial charge on any atom is -0.483 e. The van der Waals surface area contributed by atoms with E-state index in [0.29, 0.717) is 18.9 Å². The number of ether oxygens (including phenoxy) is 2. The molecule has 2 amide bonds. The van der Waals surface area contributed by atoms with Crippen LogP contribution in [0, 0.1) is 0 Å². The highest BCUT2D eigenvalue weighted by atomic mass is 16.5. The lowest BCUT2D eigenvalue weighted by Crippen LogP contribution is -2.39. The Bertz CT molecular complexity index is 704. The van der Waals surface area contributed by atoms with Gasteiger partial charge < -0.3 is 20.1 Å². The molecular formula is C20H24N2O4. The lowest BCUT2D eigenvalue weighted by molar-refractivity contribution is -0.127. The highest BCUT2D eigenvalue weighted by molar-refractivity contribution is 5.85. The second-order valence-corrected chi connectivity index (χ2v) is 5.68. The highest BCUT2D eigenvalue weighted by Crippen LogP contribution is 2.21. The number of amides is 2. The molecule has 0 heterocycles. The van der Waals surface area contributed by atoms with Gasteiger partial charge in [-0.2, -0.15) is 0 Å². The van der Waals surface area contributed by atoms with Gasteiger partial charge in [0.1, 0.15) is 5.75 Å². The van der Waals surface area contributed by atoms with E-state index in [1.807, 2.05) is 54.6 Å². The summed E-state index contributed by atoms with van der Waals surface area (Å²) in [4.78, 5) is 23.4. The van der Waals surface area contributed by atoms with Gasteiger partial charge in [-0.15, -0.1) is 0 Å². The summed E-state index contributed by atoms with van der Waals surface area (Å²) < 4.78 is 10.5. The van der Waals surface area contributed by atoms with Crippen LogP contribution in [-0.2, 0) is 20.7 Å². The fraction of sp³-hybridized carbons (Fsp3) is 0.300. The fourth-order valence-electron chi connectivity index (χ4n) is 2.33. The summed E-state index contributed by atoms with van der Waals surface area (Å²) >= 11 is 0. The Hall–Kier alpha value is -2.86. The Morgan fingerprint density at radius 2 is 1.65 bits per heavy atom. The first kappa shape index (κ1) is 19.5. The van der Waals surface area contributed by atoms with Gasteiger partial charge in [-0.25, -0.2) is 0 Å². The topological polar surface area (TPSA) is 76.7 Å². The van der Waals surface area contributed by atoms with Crippen LogP contribution in [0.1, 0.15) is 11.1 Å². The molecule has 2 aromatic rings. The molecule has 0 fully saturated rings. The molecule has 0 aromatic heterocycles. The third-order valence-electron chi connectivity index (χ3n) is 3.64. The molecular weight excluding hydrogens is 332 g/mol.